The van der Waals surface area contributed by atoms with Crippen molar-refractivity contribution >= 4 is 5.95 Å². The van der Waals surface area contributed by atoms with Crippen LogP contribution in [0.1, 0.15) is 42.3 Å². The zero-order valence-corrected chi connectivity index (χ0v) is 14.5. The molecule has 3 aromatic heterocycles. The number of nitrogens with zero attached hydrogens (tertiary/aromatic N) is 5. The lowest BCUT2D eigenvalue weighted by Gasteiger charge is -2.26. The maximum absolute atomic E-state index is 5.46. The van der Waals surface area contributed by atoms with Gasteiger partial charge in [0.05, 0.1) is 12.2 Å². The second-order valence-corrected chi connectivity index (χ2v) is 6.61. The first kappa shape index (κ1) is 15.7. The highest BCUT2D eigenvalue weighted by molar-refractivity contribution is 5.53. The molecule has 0 N–H and O–H groups in total. The van der Waals surface area contributed by atoms with Gasteiger partial charge in [0, 0.05) is 36.6 Å². The molecule has 1 saturated carbocycles. The van der Waals surface area contributed by atoms with Gasteiger partial charge in [-0.05, 0) is 38.0 Å². The van der Waals surface area contributed by atoms with Gasteiger partial charge in [-0.3, -0.25) is 4.98 Å². The van der Waals surface area contributed by atoms with Crippen LogP contribution in [0.15, 0.2) is 41.1 Å². The Morgan fingerprint density at radius 1 is 1.16 bits per heavy atom. The highest BCUT2D eigenvalue weighted by Crippen LogP contribution is 2.36. The van der Waals surface area contributed by atoms with Gasteiger partial charge in [-0.25, -0.2) is 9.97 Å². The molecule has 0 radical (unpaired) electrons. The Labute approximate surface area is 146 Å². The van der Waals surface area contributed by atoms with E-state index in [1.807, 2.05) is 43.1 Å². The Bertz CT molecular complexity index is 857. The highest BCUT2D eigenvalue weighted by atomic mass is 16.5. The van der Waals surface area contributed by atoms with Crippen molar-refractivity contribution in [3.8, 4) is 11.4 Å². The van der Waals surface area contributed by atoms with Gasteiger partial charge in [0.25, 0.3) is 0 Å². The topological polar surface area (TPSA) is 67.9 Å². The van der Waals surface area contributed by atoms with E-state index in [2.05, 4.69) is 21.2 Å². The van der Waals surface area contributed by atoms with Crippen molar-refractivity contribution in [2.24, 2.45) is 0 Å². The molecule has 0 spiro atoms. The standard InChI is InChI=1S/C19H21N5O/c1-13-10-17(14-6-5-7-14)22-19(21-13)24(2)12-15-11-18(23-25-15)16-8-3-4-9-20-16/h3-4,8-11,14H,5-7,12H2,1-2H3. The third-order valence-corrected chi connectivity index (χ3v) is 4.61. The molecule has 3 aromatic rings. The number of pyridine rings is 1. The van der Waals surface area contributed by atoms with E-state index in [1.54, 1.807) is 6.20 Å². The van der Waals surface area contributed by atoms with Crippen LogP contribution >= 0.6 is 0 Å². The van der Waals surface area contributed by atoms with Gasteiger partial charge >= 0.3 is 0 Å². The summed E-state index contributed by atoms with van der Waals surface area (Å²) >= 11 is 0. The predicted octanol–water partition coefficient (Wildman–Crippen LogP) is 3.74. The molecule has 3 heterocycles. The highest BCUT2D eigenvalue weighted by Gasteiger charge is 2.22. The molecule has 0 aromatic carbocycles. The molecule has 0 amide bonds. The fraction of sp³-hybridized carbons (Fsp3) is 0.368. The molecule has 0 bridgehead atoms. The Morgan fingerprint density at radius 2 is 2.04 bits per heavy atom. The molecule has 1 fully saturated rings. The van der Waals surface area contributed by atoms with Gasteiger partial charge in [-0.15, -0.1) is 0 Å². The zero-order chi connectivity index (χ0) is 17.2. The van der Waals surface area contributed by atoms with E-state index in [0.29, 0.717) is 12.5 Å². The summed E-state index contributed by atoms with van der Waals surface area (Å²) < 4.78 is 5.46. The Kier molecular flexibility index (Phi) is 4.17. The Hall–Kier alpha value is -2.76. The minimum atomic E-state index is 0.563. The predicted molar refractivity (Wildman–Crippen MR) is 95.2 cm³/mol. The van der Waals surface area contributed by atoms with E-state index in [-0.39, 0.29) is 0 Å². The van der Waals surface area contributed by atoms with Crippen molar-refractivity contribution in [3.63, 3.8) is 0 Å². The first-order valence-electron chi connectivity index (χ1n) is 8.63. The molecule has 6 nitrogen and oxygen atoms in total. The molecule has 0 aliphatic heterocycles. The van der Waals surface area contributed by atoms with Gasteiger partial charge in [-0.1, -0.05) is 17.6 Å². The van der Waals surface area contributed by atoms with Crippen LogP contribution < -0.4 is 4.90 Å². The second kappa shape index (κ2) is 6.63. The molecular formula is C19H21N5O. The molecule has 0 unspecified atom stereocenters. The zero-order valence-electron chi connectivity index (χ0n) is 14.5. The number of rotatable bonds is 5. The number of anilines is 1. The maximum atomic E-state index is 5.46. The third-order valence-electron chi connectivity index (χ3n) is 4.61. The largest absolute Gasteiger partial charge is 0.359 e. The average Bonchev–Trinajstić information content (AvgIpc) is 3.02. The van der Waals surface area contributed by atoms with Crippen LogP contribution in [0.25, 0.3) is 11.4 Å². The average molecular weight is 335 g/mol. The van der Waals surface area contributed by atoms with Crippen molar-refractivity contribution < 1.29 is 4.52 Å². The maximum Gasteiger partial charge on any atom is 0.225 e. The number of aryl methyl sites for hydroxylation is 1. The lowest BCUT2D eigenvalue weighted by Crippen LogP contribution is -2.21. The monoisotopic (exact) mass is 335 g/mol. The van der Waals surface area contributed by atoms with Gasteiger partial charge < -0.3 is 9.42 Å². The summed E-state index contributed by atoms with van der Waals surface area (Å²) in [6, 6.07) is 9.76. The van der Waals surface area contributed by atoms with Crippen LogP contribution in [0.3, 0.4) is 0 Å². The molecule has 25 heavy (non-hydrogen) atoms. The SMILES string of the molecule is Cc1cc(C2CCC2)nc(N(C)Cc2cc(-c3ccccn3)no2)n1. The van der Waals surface area contributed by atoms with Crippen LogP contribution in [-0.2, 0) is 6.54 Å². The summed E-state index contributed by atoms with van der Waals surface area (Å²) in [7, 11) is 1.97. The van der Waals surface area contributed by atoms with Crippen molar-refractivity contribution in [3.05, 3.63) is 53.7 Å². The fourth-order valence-corrected chi connectivity index (χ4v) is 2.99. The van der Waals surface area contributed by atoms with Crippen molar-refractivity contribution in [2.75, 3.05) is 11.9 Å². The summed E-state index contributed by atoms with van der Waals surface area (Å²) in [6.07, 6.45) is 5.51. The molecule has 0 atom stereocenters. The molecule has 4 rings (SSSR count). The van der Waals surface area contributed by atoms with Crippen LogP contribution in [0.4, 0.5) is 5.95 Å². The van der Waals surface area contributed by atoms with Crippen LogP contribution in [0.2, 0.25) is 0 Å². The molecular weight excluding hydrogens is 314 g/mol. The summed E-state index contributed by atoms with van der Waals surface area (Å²) in [5.41, 5.74) is 3.71. The van der Waals surface area contributed by atoms with Gasteiger partial charge in [0.1, 0.15) is 5.69 Å². The van der Waals surface area contributed by atoms with Crippen molar-refractivity contribution in [1.82, 2.24) is 20.1 Å². The van der Waals surface area contributed by atoms with E-state index < -0.39 is 0 Å². The normalized spacial score (nSPS) is 14.3. The van der Waals surface area contributed by atoms with Gasteiger partial charge in [-0.2, -0.15) is 0 Å². The smallest absolute Gasteiger partial charge is 0.225 e. The Balaban J connectivity index is 1.51. The van der Waals surface area contributed by atoms with E-state index >= 15 is 0 Å². The summed E-state index contributed by atoms with van der Waals surface area (Å²) in [6.45, 7) is 2.59. The molecule has 6 heteroatoms. The number of hydrogen-bond acceptors (Lipinski definition) is 6. The second-order valence-electron chi connectivity index (χ2n) is 6.61. The van der Waals surface area contributed by atoms with Gasteiger partial charge in [0.2, 0.25) is 5.95 Å². The van der Waals surface area contributed by atoms with Crippen molar-refractivity contribution in [2.45, 2.75) is 38.6 Å². The molecule has 1 aliphatic rings. The lowest BCUT2D eigenvalue weighted by atomic mass is 9.83. The van der Waals surface area contributed by atoms with E-state index in [0.717, 1.165) is 34.5 Å². The molecule has 0 saturated heterocycles. The first-order valence-corrected chi connectivity index (χ1v) is 8.63. The van der Waals surface area contributed by atoms with E-state index in [4.69, 9.17) is 9.51 Å². The van der Waals surface area contributed by atoms with Crippen LogP contribution in [-0.4, -0.2) is 27.2 Å². The van der Waals surface area contributed by atoms with Crippen LogP contribution in [0.5, 0.6) is 0 Å². The minimum Gasteiger partial charge on any atom is -0.359 e. The van der Waals surface area contributed by atoms with E-state index in [9.17, 15) is 0 Å². The summed E-state index contributed by atoms with van der Waals surface area (Å²) in [5.74, 6) is 2.09. The number of hydrogen-bond donors (Lipinski definition) is 0. The molecule has 1 aliphatic carbocycles. The lowest BCUT2D eigenvalue weighted by molar-refractivity contribution is 0.384. The van der Waals surface area contributed by atoms with Crippen molar-refractivity contribution in [1.29, 1.82) is 0 Å². The third kappa shape index (κ3) is 3.38. The minimum absolute atomic E-state index is 0.563. The number of aromatic nitrogens is 4. The van der Waals surface area contributed by atoms with Gasteiger partial charge in [0.15, 0.2) is 5.76 Å². The summed E-state index contributed by atoms with van der Waals surface area (Å²) in [4.78, 5) is 15.6. The quantitative estimate of drug-likeness (QED) is 0.707. The molecule has 128 valence electrons. The summed E-state index contributed by atoms with van der Waals surface area (Å²) in [5, 5.41) is 4.11. The first-order chi connectivity index (χ1) is 12.2. The van der Waals surface area contributed by atoms with E-state index in [1.165, 1.54) is 19.3 Å². The fourth-order valence-electron chi connectivity index (χ4n) is 2.99. The Morgan fingerprint density at radius 3 is 2.76 bits per heavy atom. The van der Waals surface area contributed by atoms with Crippen LogP contribution in [0, 0.1) is 6.92 Å².